The van der Waals surface area contributed by atoms with Crippen molar-refractivity contribution in [1.29, 1.82) is 0 Å². The van der Waals surface area contributed by atoms with E-state index in [0.717, 1.165) is 62.8 Å². The Hall–Kier alpha value is -3.28. The van der Waals surface area contributed by atoms with Crippen molar-refractivity contribution < 1.29 is 22.8 Å². The highest BCUT2D eigenvalue weighted by Gasteiger charge is 2.40. The number of rotatable bonds is 14. The molecule has 39 heavy (non-hydrogen) atoms. The van der Waals surface area contributed by atoms with Gasteiger partial charge in [-0.25, -0.2) is 8.78 Å². The number of fused-ring (bicyclic) bond motifs is 1. The molecule has 0 radical (unpaired) electrons. The van der Waals surface area contributed by atoms with Crippen molar-refractivity contribution in [3.8, 4) is 0 Å². The standard InChI is InChI=1S/C33H41F2NO3/c1-6-14-23(15-12-13-18-28(38)24-16-10-9-11-17-24)21-36(5)22-25-19-20-29-30(26(25)7-2)31(33(4,34)35)32(39-29)27(37)8-3/h7-11,16-17,22-23H,3,6,12-15,18-21H2,1-2,4-5H3/b25-22-,26-7+. The maximum absolute atomic E-state index is 14.8. The van der Waals surface area contributed by atoms with Crippen LogP contribution in [0.1, 0.15) is 104 Å². The average molecular weight is 538 g/mol. The van der Waals surface area contributed by atoms with Gasteiger partial charge in [0.25, 0.3) is 5.92 Å². The van der Waals surface area contributed by atoms with E-state index >= 15 is 0 Å². The predicted molar refractivity (Wildman–Crippen MR) is 153 cm³/mol. The van der Waals surface area contributed by atoms with Crippen LogP contribution < -0.4 is 0 Å². The second kappa shape index (κ2) is 13.7. The number of allylic oxidation sites excluding steroid dienone is 4. The molecule has 1 aromatic carbocycles. The summed E-state index contributed by atoms with van der Waals surface area (Å²) in [5.41, 5.74) is 2.41. The number of aryl methyl sites for hydroxylation is 1. The molecule has 1 atom stereocenters. The number of nitrogens with zero attached hydrogens (tertiary/aromatic N) is 1. The third kappa shape index (κ3) is 7.65. The summed E-state index contributed by atoms with van der Waals surface area (Å²) in [6, 6.07) is 9.43. The van der Waals surface area contributed by atoms with Gasteiger partial charge in [-0.3, -0.25) is 9.59 Å². The van der Waals surface area contributed by atoms with Crippen LogP contribution >= 0.6 is 0 Å². The van der Waals surface area contributed by atoms with Gasteiger partial charge in [0.2, 0.25) is 5.78 Å². The number of halogens is 2. The van der Waals surface area contributed by atoms with Gasteiger partial charge in [-0.2, -0.15) is 0 Å². The molecule has 0 spiro atoms. The first-order valence-corrected chi connectivity index (χ1v) is 14.0. The summed E-state index contributed by atoms with van der Waals surface area (Å²) in [5, 5.41) is 0. The minimum Gasteiger partial charge on any atom is -0.456 e. The summed E-state index contributed by atoms with van der Waals surface area (Å²) in [6.45, 7) is 9.10. The highest BCUT2D eigenvalue weighted by Crippen LogP contribution is 2.46. The molecule has 1 unspecified atom stereocenters. The quantitative estimate of drug-likeness (QED) is 0.137. The van der Waals surface area contributed by atoms with E-state index in [1.54, 1.807) is 0 Å². The lowest BCUT2D eigenvalue weighted by molar-refractivity contribution is 0.0155. The third-order valence-electron chi connectivity index (χ3n) is 7.34. The van der Waals surface area contributed by atoms with Crippen molar-refractivity contribution in [2.75, 3.05) is 13.6 Å². The Morgan fingerprint density at radius 3 is 2.49 bits per heavy atom. The zero-order chi connectivity index (χ0) is 28.6. The van der Waals surface area contributed by atoms with Gasteiger partial charge < -0.3 is 9.32 Å². The molecule has 0 saturated heterocycles. The molecule has 1 heterocycles. The summed E-state index contributed by atoms with van der Waals surface area (Å²) >= 11 is 0. The zero-order valence-electron chi connectivity index (χ0n) is 23.7. The van der Waals surface area contributed by atoms with Crippen LogP contribution in [-0.4, -0.2) is 30.1 Å². The summed E-state index contributed by atoms with van der Waals surface area (Å²) in [5.74, 6) is -3.09. The first kappa shape index (κ1) is 30.3. The van der Waals surface area contributed by atoms with Crippen LogP contribution in [0.2, 0.25) is 0 Å². The molecule has 0 aliphatic heterocycles. The van der Waals surface area contributed by atoms with Crippen LogP contribution in [0.4, 0.5) is 8.78 Å². The number of alkyl halides is 2. The third-order valence-corrected chi connectivity index (χ3v) is 7.34. The maximum atomic E-state index is 14.8. The molecule has 0 saturated carbocycles. The molecule has 0 amide bonds. The molecule has 0 N–H and O–H groups in total. The highest BCUT2D eigenvalue weighted by molar-refractivity contribution is 6.05. The molecule has 0 bridgehead atoms. The monoisotopic (exact) mass is 537 g/mol. The summed E-state index contributed by atoms with van der Waals surface area (Å²) < 4.78 is 35.2. The van der Waals surface area contributed by atoms with Crippen LogP contribution in [0.25, 0.3) is 5.57 Å². The largest absolute Gasteiger partial charge is 0.456 e. The minimum absolute atomic E-state index is 0.189. The molecule has 1 aromatic heterocycles. The number of benzene rings is 1. The lowest BCUT2D eigenvalue weighted by Crippen LogP contribution is -2.22. The Balaban J connectivity index is 1.70. The van der Waals surface area contributed by atoms with Crippen molar-refractivity contribution in [1.82, 2.24) is 4.90 Å². The van der Waals surface area contributed by atoms with E-state index in [2.05, 4.69) is 24.6 Å². The second-order valence-corrected chi connectivity index (χ2v) is 10.5. The number of carbonyl (C=O) groups is 2. The number of furan rings is 1. The van der Waals surface area contributed by atoms with E-state index in [4.69, 9.17) is 4.42 Å². The first-order valence-electron chi connectivity index (χ1n) is 14.0. The lowest BCUT2D eigenvalue weighted by Gasteiger charge is -2.26. The summed E-state index contributed by atoms with van der Waals surface area (Å²) in [7, 11) is 2.02. The molecule has 4 nitrogen and oxygen atoms in total. The van der Waals surface area contributed by atoms with E-state index in [9.17, 15) is 18.4 Å². The fourth-order valence-corrected chi connectivity index (χ4v) is 5.58. The fraction of sp³-hybridized carbons (Fsp3) is 0.455. The minimum atomic E-state index is -3.23. The normalized spacial score (nSPS) is 16.3. The van der Waals surface area contributed by atoms with Gasteiger partial charge in [0, 0.05) is 50.7 Å². The zero-order valence-corrected chi connectivity index (χ0v) is 23.7. The molecular weight excluding hydrogens is 496 g/mol. The number of Topliss-reactive ketones (excluding diaryl/α,β-unsaturated/α-hetero) is 1. The average Bonchev–Trinajstić information content (AvgIpc) is 3.31. The first-order chi connectivity index (χ1) is 18.6. The second-order valence-electron chi connectivity index (χ2n) is 10.5. The van der Waals surface area contributed by atoms with E-state index < -0.39 is 11.7 Å². The molecule has 3 rings (SSSR count). The van der Waals surface area contributed by atoms with Gasteiger partial charge in [0.15, 0.2) is 11.5 Å². The van der Waals surface area contributed by atoms with Crippen molar-refractivity contribution in [2.24, 2.45) is 5.92 Å². The van der Waals surface area contributed by atoms with Gasteiger partial charge in [0.05, 0.1) is 5.56 Å². The molecule has 6 heteroatoms. The Labute approximate surface area is 231 Å². The van der Waals surface area contributed by atoms with Crippen molar-refractivity contribution in [2.45, 2.75) is 78.1 Å². The van der Waals surface area contributed by atoms with E-state index in [1.807, 2.05) is 50.4 Å². The maximum Gasteiger partial charge on any atom is 0.274 e. The van der Waals surface area contributed by atoms with Crippen molar-refractivity contribution in [3.63, 3.8) is 0 Å². The molecule has 210 valence electrons. The Morgan fingerprint density at radius 2 is 1.87 bits per heavy atom. The molecule has 1 aliphatic rings. The van der Waals surface area contributed by atoms with Crippen molar-refractivity contribution in [3.05, 3.63) is 89.0 Å². The van der Waals surface area contributed by atoms with Crippen LogP contribution in [0.5, 0.6) is 0 Å². The topological polar surface area (TPSA) is 50.5 Å². The van der Waals surface area contributed by atoms with Crippen LogP contribution in [0, 0.1) is 5.92 Å². The number of carbonyl (C=O) groups excluding carboxylic acids is 2. The van der Waals surface area contributed by atoms with E-state index in [-0.39, 0.29) is 17.1 Å². The molecule has 1 aliphatic carbocycles. The fourth-order valence-electron chi connectivity index (χ4n) is 5.58. The van der Waals surface area contributed by atoms with Crippen LogP contribution in [0.15, 0.2) is 65.3 Å². The summed E-state index contributed by atoms with van der Waals surface area (Å²) in [6.07, 6.45) is 11.6. The molecular formula is C33H41F2NO3. The smallest absolute Gasteiger partial charge is 0.274 e. The molecule has 0 fully saturated rings. The lowest BCUT2D eigenvalue weighted by atomic mass is 9.84. The Bertz CT molecular complexity index is 1220. The van der Waals surface area contributed by atoms with Crippen molar-refractivity contribution >= 4 is 17.1 Å². The summed E-state index contributed by atoms with van der Waals surface area (Å²) in [4.78, 5) is 26.9. The van der Waals surface area contributed by atoms with Gasteiger partial charge in [-0.15, -0.1) is 0 Å². The number of unbranched alkanes of at least 4 members (excludes halogenated alkanes) is 1. The number of hydrogen-bond acceptors (Lipinski definition) is 4. The molecule has 2 aromatic rings. The van der Waals surface area contributed by atoms with E-state index in [1.165, 1.54) is 0 Å². The van der Waals surface area contributed by atoms with E-state index in [0.29, 0.717) is 42.1 Å². The predicted octanol–water partition coefficient (Wildman–Crippen LogP) is 8.78. The van der Waals surface area contributed by atoms with Crippen LogP contribution in [0.3, 0.4) is 0 Å². The van der Waals surface area contributed by atoms with Crippen LogP contribution in [-0.2, 0) is 12.3 Å². The van der Waals surface area contributed by atoms with Gasteiger partial charge in [0.1, 0.15) is 5.76 Å². The highest BCUT2D eigenvalue weighted by atomic mass is 19.3. The number of ketones is 2. The Morgan fingerprint density at radius 1 is 1.15 bits per heavy atom. The number of hydrogen-bond donors (Lipinski definition) is 0. The SMILES string of the molecule is C=CC(=O)c1oc2c(c1C(C)(F)F)C(=C/C)/C(=C\N(C)CC(CCC)CCCCC(=O)c1ccccc1)CC2. The van der Waals surface area contributed by atoms with Gasteiger partial charge in [-0.05, 0) is 55.7 Å². The van der Waals surface area contributed by atoms with Gasteiger partial charge in [-0.1, -0.05) is 62.8 Å². The van der Waals surface area contributed by atoms with Gasteiger partial charge >= 0.3 is 0 Å². The Kier molecular flexibility index (Phi) is 10.6.